The van der Waals surface area contributed by atoms with Crippen LogP contribution in [0.3, 0.4) is 0 Å². The number of esters is 2. The maximum atomic E-state index is 11.6. The minimum Gasteiger partial charge on any atom is -0.507 e. The Hall–Kier alpha value is -3.22. The highest BCUT2D eigenvalue weighted by molar-refractivity contribution is 5.93. The monoisotopic (exact) mass is 328 g/mol. The van der Waals surface area contributed by atoms with Crippen LogP contribution in [0, 0.1) is 0 Å². The van der Waals surface area contributed by atoms with Crippen molar-refractivity contribution < 1.29 is 24.2 Å². The molecule has 0 aliphatic heterocycles. The summed E-state index contributed by atoms with van der Waals surface area (Å²) in [7, 11) is 1.22. The molecule has 1 N–H and O–H groups in total. The third-order valence-corrected chi connectivity index (χ3v) is 3.04. The number of aromatic hydroxyl groups is 1. The number of phenolic OH excluding ortho intramolecular Hbond substituents is 1. The third kappa shape index (κ3) is 4.16. The van der Waals surface area contributed by atoms with Gasteiger partial charge in [-0.1, -0.05) is 0 Å². The van der Waals surface area contributed by atoms with Crippen molar-refractivity contribution in [2.45, 2.75) is 6.92 Å². The highest BCUT2D eigenvalue weighted by atomic mass is 16.5. The summed E-state index contributed by atoms with van der Waals surface area (Å²) in [6.07, 6.45) is 0. The van der Waals surface area contributed by atoms with Crippen LogP contribution in [0.5, 0.6) is 5.75 Å². The number of carbonyl (C=O) groups is 2. The zero-order valence-corrected chi connectivity index (χ0v) is 13.2. The molecule has 0 atom stereocenters. The first-order valence-corrected chi connectivity index (χ1v) is 7.15. The van der Waals surface area contributed by atoms with Crippen molar-refractivity contribution in [2.24, 2.45) is 10.2 Å². The standard InChI is InChI=1S/C17H16N2O5/c1-3-24-16(21)11-4-6-12(7-5-11)18-19-13-8-9-15(20)14(10-13)17(22)23-2/h4-10,20H,3H2,1-2H3. The van der Waals surface area contributed by atoms with Crippen molar-refractivity contribution in [1.29, 1.82) is 0 Å². The highest BCUT2D eigenvalue weighted by Crippen LogP contribution is 2.25. The summed E-state index contributed by atoms with van der Waals surface area (Å²) in [6.45, 7) is 2.05. The fourth-order valence-electron chi connectivity index (χ4n) is 1.85. The fourth-order valence-corrected chi connectivity index (χ4v) is 1.85. The summed E-state index contributed by atoms with van der Waals surface area (Å²) < 4.78 is 9.47. The van der Waals surface area contributed by atoms with Gasteiger partial charge in [-0.3, -0.25) is 0 Å². The number of hydrogen-bond donors (Lipinski definition) is 1. The van der Waals surface area contributed by atoms with Crippen LogP contribution >= 0.6 is 0 Å². The van der Waals surface area contributed by atoms with Gasteiger partial charge in [0.25, 0.3) is 0 Å². The Labute approximate surface area is 138 Å². The van der Waals surface area contributed by atoms with E-state index in [0.717, 1.165) is 0 Å². The average Bonchev–Trinajstić information content (AvgIpc) is 2.61. The summed E-state index contributed by atoms with van der Waals surface area (Å²) >= 11 is 0. The van der Waals surface area contributed by atoms with Gasteiger partial charge in [-0.15, -0.1) is 0 Å². The van der Waals surface area contributed by atoms with Crippen LogP contribution in [0.2, 0.25) is 0 Å². The number of rotatable bonds is 5. The van der Waals surface area contributed by atoms with Crippen molar-refractivity contribution in [1.82, 2.24) is 0 Å². The molecule has 2 rings (SSSR count). The second-order valence-corrected chi connectivity index (χ2v) is 4.66. The lowest BCUT2D eigenvalue weighted by Gasteiger charge is -2.03. The molecule has 7 nitrogen and oxygen atoms in total. The molecule has 0 radical (unpaired) electrons. The Morgan fingerprint density at radius 3 is 2.25 bits per heavy atom. The molecular formula is C17H16N2O5. The lowest BCUT2D eigenvalue weighted by atomic mass is 10.2. The lowest BCUT2D eigenvalue weighted by molar-refractivity contribution is 0.0525. The zero-order valence-electron chi connectivity index (χ0n) is 13.2. The van der Waals surface area contributed by atoms with E-state index in [0.29, 0.717) is 23.5 Å². The first-order chi connectivity index (χ1) is 11.5. The van der Waals surface area contributed by atoms with Gasteiger partial charge in [0, 0.05) is 0 Å². The van der Waals surface area contributed by atoms with Crippen LogP contribution in [0.4, 0.5) is 11.4 Å². The quantitative estimate of drug-likeness (QED) is 0.665. The molecule has 2 aromatic carbocycles. The number of azo groups is 1. The van der Waals surface area contributed by atoms with Crippen molar-refractivity contribution >= 4 is 23.3 Å². The molecule has 124 valence electrons. The van der Waals surface area contributed by atoms with Crippen LogP contribution < -0.4 is 0 Å². The molecule has 0 aromatic heterocycles. The molecule has 0 amide bonds. The Morgan fingerprint density at radius 2 is 1.62 bits per heavy atom. The van der Waals surface area contributed by atoms with E-state index in [1.54, 1.807) is 31.2 Å². The topological polar surface area (TPSA) is 97.5 Å². The zero-order chi connectivity index (χ0) is 17.5. The number of hydrogen-bond acceptors (Lipinski definition) is 7. The second kappa shape index (κ2) is 7.87. The average molecular weight is 328 g/mol. The Kier molecular flexibility index (Phi) is 5.62. The van der Waals surface area contributed by atoms with Crippen molar-refractivity contribution in [3.63, 3.8) is 0 Å². The van der Waals surface area contributed by atoms with E-state index in [-0.39, 0.29) is 11.3 Å². The van der Waals surface area contributed by atoms with E-state index in [4.69, 9.17) is 4.74 Å². The predicted octanol–water partition coefficient (Wildman–Crippen LogP) is 3.77. The van der Waals surface area contributed by atoms with E-state index in [1.165, 1.54) is 25.3 Å². The Balaban J connectivity index is 2.16. The van der Waals surface area contributed by atoms with Gasteiger partial charge in [0.2, 0.25) is 0 Å². The number of benzene rings is 2. The summed E-state index contributed by atoms with van der Waals surface area (Å²) in [5.41, 5.74) is 1.33. The summed E-state index contributed by atoms with van der Waals surface area (Å²) in [6, 6.07) is 10.6. The van der Waals surface area contributed by atoms with Gasteiger partial charge < -0.3 is 14.6 Å². The van der Waals surface area contributed by atoms with E-state index in [9.17, 15) is 14.7 Å². The SMILES string of the molecule is CCOC(=O)c1ccc(N=Nc2ccc(O)c(C(=O)OC)c2)cc1. The molecule has 0 saturated heterocycles. The first kappa shape index (κ1) is 17.1. The number of methoxy groups -OCH3 is 1. The largest absolute Gasteiger partial charge is 0.507 e. The molecular weight excluding hydrogens is 312 g/mol. The van der Waals surface area contributed by atoms with E-state index in [2.05, 4.69) is 15.0 Å². The van der Waals surface area contributed by atoms with Gasteiger partial charge in [0.15, 0.2) is 0 Å². The number of carbonyl (C=O) groups excluding carboxylic acids is 2. The summed E-state index contributed by atoms with van der Waals surface area (Å²) in [4.78, 5) is 23.1. The molecule has 0 heterocycles. The molecule has 0 saturated carbocycles. The van der Waals surface area contributed by atoms with Gasteiger partial charge in [-0.2, -0.15) is 10.2 Å². The molecule has 0 fully saturated rings. The lowest BCUT2D eigenvalue weighted by Crippen LogP contribution is -2.03. The summed E-state index contributed by atoms with van der Waals surface area (Å²) in [5, 5.41) is 17.6. The van der Waals surface area contributed by atoms with Gasteiger partial charge in [0.05, 0.1) is 30.7 Å². The fraction of sp³-hybridized carbons (Fsp3) is 0.176. The Morgan fingerprint density at radius 1 is 1.00 bits per heavy atom. The van der Waals surface area contributed by atoms with Crippen LogP contribution in [-0.2, 0) is 9.47 Å². The van der Waals surface area contributed by atoms with Gasteiger partial charge in [0.1, 0.15) is 11.3 Å². The maximum Gasteiger partial charge on any atom is 0.341 e. The Bertz CT molecular complexity index is 769. The molecule has 2 aromatic rings. The minimum absolute atomic E-state index is 0.00612. The third-order valence-electron chi connectivity index (χ3n) is 3.04. The van der Waals surface area contributed by atoms with Crippen molar-refractivity contribution in [2.75, 3.05) is 13.7 Å². The van der Waals surface area contributed by atoms with Gasteiger partial charge >= 0.3 is 11.9 Å². The maximum absolute atomic E-state index is 11.6. The number of ether oxygens (including phenoxy) is 2. The van der Waals surface area contributed by atoms with Crippen LogP contribution in [0.1, 0.15) is 27.6 Å². The summed E-state index contributed by atoms with van der Waals surface area (Å²) in [5.74, 6) is -1.26. The van der Waals surface area contributed by atoms with Crippen LogP contribution in [0.15, 0.2) is 52.7 Å². The van der Waals surface area contributed by atoms with Crippen molar-refractivity contribution in [3.05, 3.63) is 53.6 Å². The molecule has 0 aliphatic rings. The van der Waals surface area contributed by atoms with Crippen LogP contribution in [0.25, 0.3) is 0 Å². The smallest absolute Gasteiger partial charge is 0.341 e. The molecule has 0 spiro atoms. The predicted molar refractivity (Wildman–Crippen MR) is 86.0 cm³/mol. The second-order valence-electron chi connectivity index (χ2n) is 4.66. The van der Waals surface area contributed by atoms with E-state index < -0.39 is 11.9 Å². The molecule has 0 bridgehead atoms. The van der Waals surface area contributed by atoms with E-state index >= 15 is 0 Å². The molecule has 24 heavy (non-hydrogen) atoms. The number of phenols is 1. The molecule has 0 aliphatic carbocycles. The minimum atomic E-state index is -0.664. The highest BCUT2D eigenvalue weighted by Gasteiger charge is 2.12. The normalized spacial score (nSPS) is 10.6. The molecule has 0 unspecified atom stereocenters. The first-order valence-electron chi connectivity index (χ1n) is 7.15. The number of nitrogens with zero attached hydrogens (tertiary/aromatic N) is 2. The van der Waals surface area contributed by atoms with E-state index in [1.807, 2.05) is 0 Å². The van der Waals surface area contributed by atoms with Crippen molar-refractivity contribution in [3.8, 4) is 5.75 Å². The van der Waals surface area contributed by atoms with Gasteiger partial charge in [-0.25, -0.2) is 9.59 Å². The van der Waals surface area contributed by atoms with Crippen LogP contribution in [-0.4, -0.2) is 30.8 Å². The molecule has 7 heteroatoms. The van der Waals surface area contributed by atoms with Gasteiger partial charge in [-0.05, 0) is 49.4 Å².